The van der Waals surface area contributed by atoms with Crippen LogP contribution in [0.1, 0.15) is 19.4 Å². The number of nitrogens with one attached hydrogen (secondary N) is 1. The number of halogens is 1. The Morgan fingerprint density at radius 3 is 2.69 bits per heavy atom. The third-order valence-corrected chi connectivity index (χ3v) is 2.58. The predicted octanol–water partition coefficient (Wildman–Crippen LogP) is 2.60. The van der Waals surface area contributed by atoms with Gasteiger partial charge >= 0.3 is 5.97 Å². The highest BCUT2D eigenvalue weighted by atomic mass is 79.9. The van der Waals surface area contributed by atoms with Gasteiger partial charge in [-0.05, 0) is 32.0 Å². The van der Waals surface area contributed by atoms with E-state index < -0.39 is 11.5 Å². The summed E-state index contributed by atoms with van der Waals surface area (Å²) in [5, 5.41) is 20.7. The maximum atomic E-state index is 11.0. The van der Waals surface area contributed by atoms with Crippen LogP contribution >= 0.6 is 15.9 Å². The van der Waals surface area contributed by atoms with E-state index in [-0.39, 0.29) is 0 Å². The Morgan fingerprint density at radius 2 is 2.19 bits per heavy atom. The van der Waals surface area contributed by atoms with Crippen molar-refractivity contribution >= 4 is 27.6 Å². The zero-order chi connectivity index (χ0) is 12.3. The molecule has 0 saturated heterocycles. The van der Waals surface area contributed by atoms with Crippen LogP contribution in [0.15, 0.2) is 22.7 Å². The predicted molar refractivity (Wildman–Crippen MR) is 64.2 cm³/mol. The fourth-order valence-corrected chi connectivity index (χ4v) is 1.47. The molecular formula is C11H11BrN2O2. The van der Waals surface area contributed by atoms with Crippen LogP contribution in [0, 0.1) is 11.3 Å². The number of nitrogens with zero attached hydrogens (tertiary/aromatic N) is 1. The summed E-state index contributed by atoms with van der Waals surface area (Å²) in [6.07, 6.45) is 0. The summed E-state index contributed by atoms with van der Waals surface area (Å²) in [4.78, 5) is 11.0. The van der Waals surface area contributed by atoms with E-state index in [1.165, 1.54) is 13.8 Å². The first kappa shape index (κ1) is 12.5. The summed E-state index contributed by atoms with van der Waals surface area (Å²) in [7, 11) is 0. The first-order chi connectivity index (χ1) is 7.36. The van der Waals surface area contributed by atoms with Crippen LogP contribution in [0.3, 0.4) is 0 Å². The van der Waals surface area contributed by atoms with Gasteiger partial charge in [0, 0.05) is 4.47 Å². The number of carbonyl (C=O) groups is 1. The van der Waals surface area contributed by atoms with Gasteiger partial charge in [0.2, 0.25) is 0 Å². The normalized spacial score (nSPS) is 10.6. The van der Waals surface area contributed by atoms with Gasteiger partial charge in [-0.1, -0.05) is 15.9 Å². The topological polar surface area (TPSA) is 73.1 Å². The molecule has 0 aliphatic rings. The average molecular weight is 283 g/mol. The molecule has 0 amide bonds. The molecular weight excluding hydrogens is 272 g/mol. The summed E-state index contributed by atoms with van der Waals surface area (Å²) >= 11 is 3.27. The fourth-order valence-electron chi connectivity index (χ4n) is 1.11. The van der Waals surface area contributed by atoms with Crippen molar-refractivity contribution < 1.29 is 9.90 Å². The summed E-state index contributed by atoms with van der Waals surface area (Å²) in [6.45, 7) is 3.08. The molecule has 1 aromatic carbocycles. The van der Waals surface area contributed by atoms with Crippen molar-refractivity contribution in [2.75, 3.05) is 5.32 Å². The smallest absolute Gasteiger partial charge is 0.328 e. The van der Waals surface area contributed by atoms with E-state index in [1.54, 1.807) is 18.2 Å². The number of carboxylic acids is 1. The maximum absolute atomic E-state index is 11.0. The van der Waals surface area contributed by atoms with Gasteiger partial charge in [-0.15, -0.1) is 0 Å². The molecule has 0 spiro atoms. The highest BCUT2D eigenvalue weighted by Crippen LogP contribution is 2.24. The number of benzene rings is 1. The second-order valence-electron chi connectivity index (χ2n) is 3.86. The molecule has 0 aliphatic heterocycles. The Morgan fingerprint density at radius 1 is 1.56 bits per heavy atom. The first-order valence-electron chi connectivity index (χ1n) is 4.58. The SMILES string of the molecule is CC(C)(Nc1cc(Br)ccc1C#N)C(=O)O. The number of rotatable bonds is 3. The van der Waals surface area contributed by atoms with Gasteiger partial charge in [0.25, 0.3) is 0 Å². The molecule has 0 saturated carbocycles. The zero-order valence-corrected chi connectivity index (χ0v) is 10.5. The van der Waals surface area contributed by atoms with Crippen LogP contribution in [0.5, 0.6) is 0 Å². The van der Waals surface area contributed by atoms with Gasteiger partial charge in [0.05, 0.1) is 11.3 Å². The van der Waals surface area contributed by atoms with Crippen molar-refractivity contribution in [2.24, 2.45) is 0 Å². The molecule has 0 aromatic heterocycles. The molecule has 16 heavy (non-hydrogen) atoms. The van der Waals surface area contributed by atoms with Crippen LogP contribution in [0.2, 0.25) is 0 Å². The second-order valence-corrected chi connectivity index (χ2v) is 4.77. The molecule has 0 heterocycles. The molecule has 0 fully saturated rings. The van der Waals surface area contributed by atoms with E-state index in [1.807, 2.05) is 6.07 Å². The van der Waals surface area contributed by atoms with Crippen LogP contribution in [0.4, 0.5) is 5.69 Å². The number of hydrogen-bond donors (Lipinski definition) is 2. The van der Waals surface area contributed by atoms with Crippen molar-refractivity contribution in [3.8, 4) is 6.07 Å². The van der Waals surface area contributed by atoms with E-state index in [2.05, 4.69) is 21.2 Å². The second kappa shape index (κ2) is 4.54. The van der Waals surface area contributed by atoms with Crippen molar-refractivity contribution in [1.29, 1.82) is 5.26 Å². The van der Waals surface area contributed by atoms with E-state index in [9.17, 15) is 4.79 Å². The van der Waals surface area contributed by atoms with Gasteiger partial charge < -0.3 is 10.4 Å². The van der Waals surface area contributed by atoms with Crippen molar-refractivity contribution in [2.45, 2.75) is 19.4 Å². The number of nitriles is 1. The molecule has 5 heteroatoms. The Hall–Kier alpha value is -1.54. The van der Waals surface area contributed by atoms with E-state index in [4.69, 9.17) is 10.4 Å². The third kappa shape index (κ3) is 2.74. The van der Waals surface area contributed by atoms with Crippen molar-refractivity contribution in [3.63, 3.8) is 0 Å². The monoisotopic (exact) mass is 282 g/mol. The Bertz CT molecular complexity index is 464. The molecule has 0 radical (unpaired) electrons. The molecule has 0 unspecified atom stereocenters. The van der Waals surface area contributed by atoms with E-state index in [0.29, 0.717) is 11.3 Å². The lowest BCUT2D eigenvalue weighted by atomic mass is 10.0. The van der Waals surface area contributed by atoms with Crippen LogP contribution in [-0.2, 0) is 4.79 Å². The van der Waals surface area contributed by atoms with Gasteiger partial charge in [0.1, 0.15) is 11.6 Å². The summed E-state index contributed by atoms with van der Waals surface area (Å²) in [6, 6.07) is 7.05. The van der Waals surface area contributed by atoms with Crippen LogP contribution < -0.4 is 5.32 Å². The summed E-state index contributed by atoms with van der Waals surface area (Å²) in [5.41, 5.74) is -0.200. The molecule has 0 atom stereocenters. The van der Waals surface area contributed by atoms with Crippen LogP contribution in [0.25, 0.3) is 0 Å². The molecule has 2 N–H and O–H groups in total. The highest BCUT2D eigenvalue weighted by molar-refractivity contribution is 9.10. The fraction of sp³-hybridized carbons (Fsp3) is 0.273. The third-order valence-electron chi connectivity index (χ3n) is 2.08. The number of anilines is 1. The number of aliphatic carboxylic acids is 1. The molecule has 84 valence electrons. The van der Waals surface area contributed by atoms with E-state index >= 15 is 0 Å². The molecule has 1 aromatic rings. The lowest BCUT2D eigenvalue weighted by Crippen LogP contribution is -2.40. The minimum Gasteiger partial charge on any atom is -0.480 e. The molecule has 1 rings (SSSR count). The van der Waals surface area contributed by atoms with Crippen LogP contribution in [-0.4, -0.2) is 16.6 Å². The van der Waals surface area contributed by atoms with E-state index in [0.717, 1.165) is 4.47 Å². The van der Waals surface area contributed by atoms with Gasteiger partial charge in [-0.25, -0.2) is 4.79 Å². The highest BCUT2D eigenvalue weighted by Gasteiger charge is 2.27. The molecule has 4 nitrogen and oxygen atoms in total. The van der Waals surface area contributed by atoms with Crippen molar-refractivity contribution in [3.05, 3.63) is 28.2 Å². The van der Waals surface area contributed by atoms with Crippen molar-refractivity contribution in [1.82, 2.24) is 0 Å². The minimum atomic E-state index is -1.12. The first-order valence-corrected chi connectivity index (χ1v) is 5.37. The molecule has 0 aliphatic carbocycles. The Kier molecular flexibility index (Phi) is 3.55. The quantitative estimate of drug-likeness (QED) is 0.894. The standard InChI is InChI=1S/C11H11BrN2O2/c1-11(2,10(15)16)14-9-5-8(12)4-3-7(9)6-13/h3-5,14H,1-2H3,(H,15,16). The zero-order valence-electron chi connectivity index (χ0n) is 8.91. The van der Waals surface area contributed by atoms with Gasteiger partial charge in [-0.2, -0.15) is 5.26 Å². The van der Waals surface area contributed by atoms with Gasteiger partial charge in [0.15, 0.2) is 0 Å². The minimum absolute atomic E-state index is 0.414. The molecule has 0 bridgehead atoms. The summed E-state index contributed by atoms with van der Waals surface area (Å²) in [5.74, 6) is -0.976. The lowest BCUT2D eigenvalue weighted by Gasteiger charge is -2.23. The number of hydrogen-bond acceptors (Lipinski definition) is 3. The largest absolute Gasteiger partial charge is 0.480 e. The lowest BCUT2D eigenvalue weighted by molar-refractivity contribution is -0.141. The number of carboxylic acid groups (broad SMARTS) is 1. The maximum Gasteiger partial charge on any atom is 0.328 e. The van der Waals surface area contributed by atoms with Gasteiger partial charge in [-0.3, -0.25) is 0 Å². The average Bonchev–Trinajstić information content (AvgIpc) is 2.17. The Labute approximate surface area is 102 Å². The Balaban J connectivity index is 3.10. The summed E-state index contributed by atoms with van der Waals surface area (Å²) < 4.78 is 0.787.